The Morgan fingerprint density at radius 1 is 1.03 bits per heavy atom. The summed E-state index contributed by atoms with van der Waals surface area (Å²) in [6.07, 6.45) is 6.49. The highest BCUT2D eigenvalue weighted by Gasteiger charge is 2.27. The van der Waals surface area contributed by atoms with E-state index in [-0.39, 0.29) is 5.91 Å². The predicted octanol–water partition coefficient (Wildman–Crippen LogP) is 3.77. The zero-order chi connectivity index (χ0) is 23.5. The highest BCUT2D eigenvalue weighted by molar-refractivity contribution is 5.98. The number of hydrogen-bond donors (Lipinski definition) is 0. The molecule has 1 amide bonds. The van der Waals surface area contributed by atoms with E-state index < -0.39 is 0 Å². The van der Waals surface area contributed by atoms with Crippen LogP contribution in [0.2, 0.25) is 0 Å². The lowest BCUT2D eigenvalue weighted by Gasteiger charge is -2.35. The third-order valence-corrected chi connectivity index (χ3v) is 6.68. The zero-order valence-corrected chi connectivity index (χ0v) is 19.6. The molecule has 0 N–H and O–H groups in total. The number of nitrogens with zero attached hydrogens (tertiary/aromatic N) is 5. The highest BCUT2D eigenvalue weighted by atomic mass is 16.5. The van der Waals surface area contributed by atoms with Gasteiger partial charge >= 0.3 is 0 Å². The van der Waals surface area contributed by atoms with E-state index in [2.05, 4.69) is 20.0 Å². The number of carbonyl (C=O) groups excluding carboxylic acids is 1. The van der Waals surface area contributed by atoms with Crippen molar-refractivity contribution >= 4 is 11.7 Å². The summed E-state index contributed by atoms with van der Waals surface area (Å²) in [5.41, 5.74) is 1.35. The number of hydrogen-bond acceptors (Lipinski definition) is 8. The van der Waals surface area contributed by atoms with Gasteiger partial charge in [-0.15, -0.1) is 0 Å². The van der Waals surface area contributed by atoms with Crippen LogP contribution < -0.4 is 14.4 Å². The van der Waals surface area contributed by atoms with E-state index in [1.807, 2.05) is 17.0 Å². The van der Waals surface area contributed by atoms with Gasteiger partial charge in [-0.3, -0.25) is 4.79 Å². The van der Waals surface area contributed by atoms with Crippen molar-refractivity contribution in [2.24, 2.45) is 0 Å². The van der Waals surface area contributed by atoms with E-state index in [1.54, 1.807) is 38.6 Å². The minimum Gasteiger partial charge on any atom is -0.493 e. The first-order valence-electron chi connectivity index (χ1n) is 11.7. The smallest absolute Gasteiger partial charge is 0.257 e. The summed E-state index contributed by atoms with van der Waals surface area (Å²) in [6, 6.07) is 9.31. The Labute approximate surface area is 198 Å². The third kappa shape index (κ3) is 4.30. The Kier molecular flexibility index (Phi) is 6.33. The number of methoxy groups -OCH3 is 2. The number of anilines is 1. The van der Waals surface area contributed by atoms with Crippen molar-refractivity contribution in [3.8, 4) is 22.9 Å². The van der Waals surface area contributed by atoms with Crippen LogP contribution in [0.3, 0.4) is 0 Å². The fourth-order valence-electron chi connectivity index (χ4n) is 4.76. The Bertz CT molecular complexity index is 1130. The lowest BCUT2D eigenvalue weighted by atomic mass is 10.1. The first kappa shape index (κ1) is 22.2. The monoisotopic (exact) mass is 463 g/mol. The van der Waals surface area contributed by atoms with Crippen LogP contribution in [0.15, 0.2) is 41.1 Å². The number of pyridine rings is 1. The van der Waals surface area contributed by atoms with Gasteiger partial charge in [-0.2, -0.15) is 4.98 Å². The normalized spacial score (nSPS) is 16.6. The van der Waals surface area contributed by atoms with Gasteiger partial charge < -0.3 is 23.8 Å². The van der Waals surface area contributed by atoms with Crippen molar-refractivity contribution in [1.29, 1.82) is 0 Å². The minimum absolute atomic E-state index is 0.0612. The molecule has 0 bridgehead atoms. The summed E-state index contributed by atoms with van der Waals surface area (Å²) in [5, 5.41) is 4.15. The molecule has 0 atom stereocenters. The van der Waals surface area contributed by atoms with Gasteiger partial charge in [0.15, 0.2) is 11.5 Å². The SMILES string of the molecule is COc1cccc(C(=O)N2CCN(c3ccc(-c4noc(C5CCCC5)n4)cn3)CC2)c1OC. The fourth-order valence-corrected chi connectivity index (χ4v) is 4.76. The number of piperazine rings is 1. The van der Waals surface area contributed by atoms with E-state index in [4.69, 9.17) is 14.0 Å². The Hall–Kier alpha value is -3.62. The molecule has 34 heavy (non-hydrogen) atoms. The maximum absolute atomic E-state index is 13.1. The average molecular weight is 464 g/mol. The molecule has 9 nitrogen and oxygen atoms in total. The van der Waals surface area contributed by atoms with Crippen molar-refractivity contribution in [1.82, 2.24) is 20.0 Å². The average Bonchev–Trinajstić information content (AvgIpc) is 3.60. The molecule has 1 aromatic carbocycles. The van der Waals surface area contributed by atoms with Gasteiger partial charge in [-0.05, 0) is 37.1 Å². The van der Waals surface area contributed by atoms with Crippen molar-refractivity contribution in [3.05, 3.63) is 48.0 Å². The van der Waals surface area contributed by atoms with E-state index in [0.717, 1.165) is 30.1 Å². The first-order valence-corrected chi connectivity index (χ1v) is 11.7. The first-order chi connectivity index (χ1) is 16.7. The molecule has 0 radical (unpaired) electrons. The molecule has 3 aromatic rings. The largest absolute Gasteiger partial charge is 0.493 e. The number of aromatic nitrogens is 3. The van der Waals surface area contributed by atoms with Crippen molar-refractivity contribution in [2.75, 3.05) is 45.3 Å². The molecule has 0 spiro atoms. The van der Waals surface area contributed by atoms with Crippen LogP contribution >= 0.6 is 0 Å². The molecule has 5 rings (SSSR count). The molecule has 0 unspecified atom stereocenters. The Balaban J connectivity index is 1.22. The van der Waals surface area contributed by atoms with Gasteiger partial charge in [0.1, 0.15) is 5.82 Å². The van der Waals surface area contributed by atoms with Gasteiger partial charge in [0.05, 0.1) is 19.8 Å². The van der Waals surface area contributed by atoms with Crippen LogP contribution in [0.5, 0.6) is 11.5 Å². The number of rotatable bonds is 6. The van der Waals surface area contributed by atoms with E-state index in [9.17, 15) is 4.79 Å². The van der Waals surface area contributed by atoms with E-state index >= 15 is 0 Å². The molecule has 3 heterocycles. The summed E-state index contributed by atoms with van der Waals surface area (Å²) in [7, 11) is 3.11. The van der Waals surface area contributed by atoms with Crippen molar-refractivity contribution in [2.45, 2.75) is 31.6 Å². The fraction of sp³-hybridized carbons (Fsp3) is 0.440. The number of benzene rings is 1. The van der Waals surface area contributed by atoms with Gasteiger partial charge in [-0.1, -0.05) is 24.1 Å². The summed E-state index contributed by atoms with van der Waals surface area (Å²) >= 11 is 0. The topological polar surface area (TPSA) is 93.8 Å². The molecule has 2 aromatic heterocycles. The van der Waals surface area contributed by atoms with Crippen molar-refractivity contribution in [3.63, 3.8) is 0 Å². The van der Waals surface area contributed by atoms with Gasteiger partial charge in [-0.25, -0.2) is 4.98 Å². The standard InChI is InChI=1S/C25H29N5O4/c1-32-20-9-5-8-19(22(20)33-2)25(31)30-14-12-29(13-15-30)21-11-10-18(16-26-21)23-27-24(34-28-23)17-6-3-4-7-17/h5,8-11,16-17H,3-4,6-7,12-15H2,1-2H3. The van der Waals surface area contributed by atoms with Crippen LogP contribution in [-0.2, 0) is 0 Å². The number of ether oxygens (including phenoxy) is 2. The predicted molar refractivity (Wildman–Crippen MR) is 126 cm³/mol. The Morgan fingerprint density at radius 3 is 2.50 bits per heavy atom. The van der Waals surface area contributed by atoms with Crippen LogP contribution in [0.1, 0.15) is 47.8 Å². The number of amides is 1. The second-order valence-electron chi connectivity index (χ2n) is 8.66. The van der Waals surface area contributed by atoms with Gasteiger partial charge in [0, 0.05) is 43.9 Å². The molecule has 1 aliphatic heterocycles. The van der Waals surface area contributed by atoms with Gasteiger partial charge in [0.2, 0.25) is 11.7 Å². The lowest BCUT2D eigenvalue weighted by Crippen LogP contribution is -2.49. The summed E-state index contributed by atoms with van der Waals surface area (Å²) < 4.78 is 16.3. The molecule has 9 heteroatoms. The number of para-hydroxylation sites is 1. The molecular weight excluding hydrogens is 434 g/mol. The van der Waals surface area contributed by atoms with Gasteiger partial charge in [0.25, 0.3) is 5.91 Å². The molecule has 1 saturated heterocycles. The molecule has 1 saturated carbocycles. The molecule has 178 valence electrons. The lowest BCUT2D eigenvalue weighted by molar-refractivity contribution is 0.0742. The van der Waals surface area contributed by atoms with Crippen molar-refractivity contribution < 1.29 is 18.8 Å². The van der Waals surface area contributed by atoms with Crippen LogP contribution in [0.25, 0.3) is 11.4 Å². The quantitative estimate of drug-likeness (QED) is 0.545. The van der Waals surface area contributed by atoms with Crippen LogP contribution in [0.4, 0.5) is 5.82 Å². The Morgan fingerprint density at radius 2 is 1.82 bits per heavy atom. The van der Waals surface area contributed by atoms with E-state index in [0.29, 0.717) is 55.0 Å². The maximum Gasteiger partial charge on any atom is 0.257 e. The molecule has 1 aliphatic carbocycles. The van der Waals surface area contributed by atoms with Crippen LogP contribution in [-0.4, -0.2) is 66.3 Å². The zero-order valence-electron chi connectivity index (χ0n) is 19.6. The summed E-state index contributed by atoms with van der Waals surface area (Å²) in [4.78, 5) is 26.4. The highest BCUT2D eigenvalue weighted by Crippen LogP contribution is 2.34. The second kappa shape index (κ2) is 9.70. The number of carbonyl (C=O) groups is 1. The summed E-state index contributed by atoms with van der Waals surface area (Å²) in [6.45, 7) is 2.58. The third-order valence-electron chi connectivity index (χ3n) is 6.68. The molecule has 2 fully saturated rings. The molecule has 2 aliphatic rings. The minimum atomic E-state index is -0.0612. The molecular formula is C25H29N5O4. The summed E-state index contributed by atoms with van der Waals surface area (Å²) in [5.74, 6) is 3.54. The van der Waals surface area contributed by atoms with E-state index in [1.165, 1.54) is 12.8 Å². The van der Waals surface area contributed by atoms with Crippen LogP contribution in [0, 0.1) is 0 Å². The maximum atomic E-state index is 13.1. The second-order valence-corrected chi connectivity index (χ2v) is 8.66.